The van der Waals surface area contributed by atoms with Crippen molar-refractivity contribution in [2.75, 3.05) is 44.7 Å². The Kier molecular flexibility index (Phi) is 5.47. The third-order valence-corrected chi connectivity index (χ3v) is 4.67. The molecule has 1 aliphatic rings. The number of likely N-dealkylation sites (N-methyl/N-ethyl adjacent to an activating group) is 1. The van der Waals surface area contributed by atoms with Crippen LogP contribution >= 0.6 is 23.6 Å². The molecule has 0 radical (unpaired) electrons. The Morgan fingerprint density at radius 3 is 2.74 bits per heavy atom. The van der Waals surface area contributed by atoms with Gasteiger partial charge in [0.05, 0.1) is 0 Å². The van der Waals surface area contributed by atoms with Crippen LogP contribution in [0.5, 0.6) is 0 Å². The smallest absolute Gasteiger partial charge is 0.208 e. The lowest BCUT2D eigenvalue weighted by molar-refractivity contribution is 0.312. The first kappa shape index (κ1) is 14.6. The number of nitrogens with zero attached hydrogens (tertiary/aromatic N) is 4. The van der Waals surface area contributed by atoms with E-state index in [2.05, 4.69) is 39.3 Å². The number of hydrogen-bond donors (Lipinski definition) is 1. The maximum absolute atomic E-state index is 5.34. The van der Waals surface area contributed by atoms with Crippen LogP contribution in [-0.2, 0) is 0 Å². The summed E-state index contributed by atoms with van der Waals surface area (Å²) < 4.78 is 0. The molecule has 1 aromatic rings. The molecular weight excluding hydrogens is 278 g/mol. The summed E-state index contributed by atoms with van der Waals surface area (Å²) in [6.07, 6.45) is 2.29. The highest BCUT2D eigenvalue weighted by atomic mass is 32.1. The van der Waals surface area contributed by atoms with Crippen molar-refractivity contribution >= 4 is 33.7 Å². The molecule has 0 unspecified atom stereocenters. The molecule has 5 nitrogen and oxygen atoms in total. The molecule has 0 saturated carbocycles. The van der Waals surface area contributed by atoms with Crippen molar-refractivity contribution in [1.29, 1.82) is 0 Å². The summed E-state index contributed by atoms with van der Waals surface area (Å²) in [7, 11) is 2.15. The van der Waals surface area contributed by atoms with Crippen LogP contribution in [0.15, 0.2) is 0 Å². The molecule has 1 N–H and O–H groups in total. The summed E-state index contributed by atoms with van der Waals surface area (Å²) in [5, 5.41) is 13.5. The van der Waals surface area contributed by atoms with E-state index in [9.17, 15) is 0 Å². The van der Waals surface area contributed by atoms with E-state index in [1.165, 1.54) is 0 Å². The standard InChI is InChI=1S/C12H21N5S2/c1-3-4-5-13-10(18)11-14-15-12(19-11)17-8-6-16(2)7-9-17/h3-9H2,1-2H3,(H,13,18). The van der Waals surface area contributed by atoms with Crippen molar-refractivity contribution in [3.63, 3.8) is 0 Å². The highest BCUT2D eigenvalue weighted by molar-refractivity contribution is 7.81. The minimum absolute atomic E-state index is 0.728. The second kappa shape index (κ2) is 7.12. The van der Waals surface area contributed by atoms with Crippen molar-refractivity contribution < 1.29 is 0 Å². The van der Waals surface area contributed by atoms with Crippen molar-refractivity contribution in [3.8, 4) is 0 Å². The lowest BCUT2D eigenvalue weighted by Gasteiger charge is -2.31. The monoisotopic (exact) mass is 299 g/mol. The van der Waals surface area contributed by atoms with E-state index < -0.39 is 0 Å². The number of thiocarbonyl (C=S) groups is 1. The lowest BCUT2D eigenvalue weighted by Crippen LogP contribution is -2.44. The van der Waals surface area contributed by atoms with Gasteiger partial charge in [0.25, 0.3) is 0 Å². The van der Waals surface area contributed by atoms with E-state index in [0.717, 1.165) is 60.7 Å². The number of aromatic nitrogens is 2. The zero-order chi connectivity index (χ0) is 13.7. The maximum Gasteiger partial charge on any atom is 0.208 e. The Morgan fingerprint density at radius 2 is 2.05 bits per heavy atom. The van der Waals surface area contributed by atoms with E-state index in [1.807, 2.05) is 0 Å². The summed E-state index contributed by atoms with van der Waals surface area (Å²) in [6.45, 7) is 7.27. The Morgan fingerprint density at radius 1 is 1.32 bits per heavy atom. The van der Waals surface area contributed by atoms with Gasteiger partial charge >= 0.3 is 0 Å². The van der Waals surface area contributed by atoms with Crippen LogP contribution in [-0.4, -0.2) is 59.9 Å². The number of hydrogen-bond acceptors (Lipinski definition) is 6. The number of nitrogens with one attached hydrogen (secondary N) is 1. The van der Waals surface area contributed by atoms with Crippen molar-refractivity contribution in [1.82, 2.24) is 20.4 Å². The second-order valence-electron chi connectivity index (χ2n) is 4.79. The Labute approximate surface area is 124 Å². The Hall–Kier alpha value is -0.790. The molecule has 1 fully saturated rings. The quantitative estimate of drug-likeness (QED) is 0.654. The fourth-order valence-corrected chi connectivity index (χ4v) is 2.97. The molecule has 0 aromatic carbocycles. The van der Waals surface area contributed by atoms with Gasteiger partial charge in [0, 0.05) is 32.7 Å². The van der Waals surface area contributed by atoms with Crippen LogP contribution in [0.2, 0.25) is 0 Å². The van der Waals surface area contributed by atoms with Crippen molar-refractivity contribution in [2.24, 2.45) is 0 Å². The van der Waals surface area contributed by atoms with E-state index in [4.69, 9.17) is 12.2 Å². The molecule has 2 rings (SSSR count). The van der Waals surface area contributed by atoms with E-state index in [-0.39, 0.29) is 0 Å². The fourth-order valence-electron chi connectivity index (χ4n) is 1.89. The van der Waals surface area contributed by atoms with Crippen LogP contribution < -0.4 is 10.2 Å². The largest absolute Gasteiger partial charge is 0.374 e. The summed E-state index contributed by atoms with van der Waals surface area (Å²) >= 11 is 6.93. The molecule has 0 aliphatic carbocycles. The predicted molar refractivity (Wildman–Crippen MR) is 84.2 cm³/mol. The van der Waals surface area contributed by atoms with Gasteiger partial charge in [-0.25, -0.2) is 0 Å². The van der Waals surface area contributed by atoms with Gasteiger partial charge in [0.1, 0.15) is 4.99 Å². The van der Waals surface area contributed by atoms with Crippen LogP contribution in [0.4, 0.5) is 5.13 Å². The first-order chi connectivity index (χ1) is 9.20. The van der Waals surface area contributed by atoms with E-state index >= 15 is 0 Å². The highest BCUT2D eigenvalue weighted by Crippen LogP contribution is 2.21. The number of anilines is 1. The van der Waals surface area contributed by atoms with E-state index in [0.29, 0.717) is 0 Å². The summed E-state index contributed by atoms with van der Waals surface area (Å²) in [5.41, 5.74) is 0. The topological polar surface area (TPSA) is 44.3 Å². The van der Waals surface area contributed by atoms with Crippen LogP contribution in [0, 0.1) is 0 Å². The molecule has 0 spiro atoms. The van der Waals surface area contributed by atoms with Gasteiger partial charge in [-0.2, -0.15) is 0 Å². The van der Waals surface area contributed by atoms with Gasteiger partial charge in [-0.1, -0.05) is 36.9 Å². The zero-order valence-electron chi connectivity index (χ0n) is 11.6. The van der Waals surface area contributed by atoms with Gasteiger partial charge in [0.2, 0.25) is 5.13 Å². The van der Waals surface area contributed by atoms with Crippen molar-refractivity contribution in [2.45, 2.75) is 19.8 Å². The highest BCUT2D eigenvalue weighted by Gasteiger charge is 2.18. The average molecular weight is 299 g/mol. The predicted octanol–water partition coefficient (Wildman–Crippen LogP) is 1.36. The van der Waals surface area contributed by atoms with Gasteiger partial charge in [-0.15, -0.1) is 10.2 Å². The van der Waals surface area contributed by atoms with Gasteiger partial charge in [-0.3, -0.25) is 0 Å². The van der Waals surface area contributed by atoms with Crippen molar-refractivity contribution in [3.05, 3.63) is 5.01 Å². The Balaban J connectivity index is 1.89. The molecule has 19 heavy (non-hydrogen) atoms. The normalized spacial score (nSPS) is 16.6. The molecule has 7 heteroatoms. The minimum Gasteiger partial charge on any atom is -0.374 e. The third-order valence-electron chi connectivity index (χ3n) is 3.20. The van der Waals surface area contributed by atoms with Gasteiger partial charge < -0.3 is 15.1 Å². The summed E-state index contributed by atoms with van der Waals surface area (Å²) in [6, 6.07) is 0. The van der Waals surface area contributed by atoms with Gasteiger partial charge in [-0.05, 0) is 13.5 Å². The van der Waals surface area contributed by atoms with Crippen LogP contribution in [0.25, 0.3) is 0 Å². The fraction of sp³-hybridized carbons (Fsp3) is 0.750. The molecule has 2 heterocycles. The number of piperazine rings is 1. The maximum atomic E-state index is 5.34. The molecule has 106 valence electrons. The summed E-state index contributed by atoms with van der Waals surface area (Å²) in [4.78, 5) is 5.34. The average Bonchev–Trinajstić information content (AvgIpc) is 2.89. The van der Waals surface area contributed by atoms with Crippen LogP contribution in [0.3, 0.4) is 0 Å². The van der Waals surface area contributed by atoms with E-state index in [1.54, 1.807) is 11.3 Å². The Bertz CT molecular complexity index is 412. The zero-order valence-corrected chi connectivity index (χ0v) is 13.2. The first-order valence-corrected chi connectivity index (χ1v) is 7.98. The molecule has 0 amide bonds. The number of rotatable bonds is 5. The van der Waals surface area contributed by atoms with Gasteiger partial charge in [0.15, 0.2) is 5.01 Å². The molecule has 0 bridgehead atoms. The lowest BCUT2D eigenvalue weighted by atomic mass is 10.3. The third kappa shape index (κ3) is 4.09. The molecule has 1 aliphatic heterocycles. The molecular formula is C12H21N5S2. The molecule has 1 aromatic heterocycles. The second-order valence-corrected chi connectivity index (χ2v) is 6.15. The SMILES string of the molecule is CCCCNC(=S)c1nnc(N2CCN(C)CC2)s1. The summed E-state index contributed by atoms with van der Waals surface area (Å²) in [5.74, 6) is 0. The molecule has 1 saturated heterocycles. The minimum atomic E-state index is 0.728. The first-order valence-electron chi connectivity index (χ1n) is 6.76. The van der Waals surface area contributed by atoms with Crippen LogP contribution in [0.1, 0.15) is 24.8 Å². The molecule has 0 atom stereocenters. The number of unbranched alkanes of at least 4 members (excludes halogenated alkanes) is 1.